The third-order valence-corrected chi connectivity index (χ3v) is 5.00. The number of hydrogen-bond acceptors (Lipinski definition) is 6. The first-order chi connectivity index (χ1) is 13.3. The number of piperazine rings is 1. The molecule has 4 rings (SSSR count). The van der Waals surface area contributed by atoms with Crippen LogP contribution in [0.1, 0.15) is 13.3 Å². The molecule has 0 saturated carbocycles. The van der Waals surface area contributed by atoms with Gasteiger partial charge in [0.1, 0.15) is 12.1 Å². The number of anilines is 2. The highest BCUT2D eigenvalue weighted by Gasteiger charge is 2.28. The van der Waals surface area contributed by atoms with Crippen LogP contribution in [0.5, 0.6) is 0 Å². The van der Waals surface area contributed by atoms with Crippen molar-refractivity contribution in [3.05, 3.63) is 48.9 Å². The summed E-state index contributed by atoms with van der Waals surface area (Å²) in [5, 5.41) is 11.0. The van der Waals surface area contributed by atoms with Crippen LogP contribution in [0.4, 0.5) is 11.5 Å². The van der Waals surface area contributed by atoms with E-state index in [4.69, 9.17) is 0 Å². The molecule has 0 spiro atoms. The lowest BCUT2D eigenvalue weighted by Crippen LogP contribution is -2.54. The lowest BCUT2D eigenvalue weighted by atomic mass is 10.1. The second-order valence-electron chi connectivity index (χ2n) is 6.61. The Kier molecular flexibility index (Phi) is 4.97. The Morgan fingerprint density at radius 1 is 1.15 bits per heavy atom. The summed E-state index contributed by atoms with van der Waals surface area (Å²) in [7, 11) is 0. The van der Waals surface area contributed by atoms with E-state index in [1.54, 1.807) is 12.5 Å². The van der Waals surface area contributed by atoms with Crippen LogP contribution in [0, 0.1) is 0 Å². The maximum absolute atomic E-state index is 12.7. The molecule has 0 unspecified atom stereocenters. The normalized spacial score (nSPS) is 16.4. The molecule has 0 radical (unpaired) electrons. The van der Waals surface area contributed by atoms with Crippen molar-refractivity contribution in [3.8, 4) is 0 Å². The summed E-state index contributed by atoms with van der Waals surface area (Å²) in [6.07, 6.45) is 4.23. The third-order valence-electron chi connectivity index (χ3n) is 5.00. The Hall–Kier alpha value is -3.00. The molecule has 8 heteroatoms. The molecule has 27 heavy (non-hydrogen) atoms. The number of carbonyl (C=O) groups is 1. The zero-order chi connectivity index (χ0) is 18.6. The van der Waals surface area contributed by atoms with Crippen molar-refractivity contribution in [2.45, 2.75) is 19.4 Å². The number of benzene rings is 1. The van der Waals surface area contributed by atoms with Crippen molar-refractivity contribution in [1.82, 2.24) is 24.5 Å². The molecular formula is C19H23N7O. The van der Waals surface area contributed by atoms with Gasteiger partial charge in [0.25, 0.3) is 5.78 Å². The van der Waals surface area contributed by atoms with Gasteiger partial charge < -0.3 is 10.2 Å². The number of carbonyl (C=O) groups excluding carboxylic acids is 1. The number of aromatic nitrogens is 4. The summed E-state index contributed by atoms with van der Waals surface area (Å²) in [6.45, 7) is 5.39. The Balaban J connectivity index is 1.41. The minimum absolute atomic E-state index is 0.0576. The molecule has 1 atom stereocenters. The van der Waals surface area contributed by atoms with Crippen molar-refractivity contribution in [2.75, 3.05) is 36.4 Å². The molecular weight excluding hydrogens is 342 g/mol. The van der Waals surface area contributed by atoms with Gasteiger partial charge in [0.15, 0.2) is 0 Å². The van der Waals surface area contributed by atoms with E-state index in [0.29, 0.717) is 5.78 Å². The van der Waals surface area contributed by atoms with Crippen LogP contribution in [0.15, 0.2) is 48.9 Å². The van der Waals surface area contributed by atoms with E-state index < -0.39 is 0 Å². The fraction of sp³-hybridized carbons (Fsp3) is 0.368. The Bertz CT molecular complexity index is 903. The van der Waals surface area contributed by atoms with Gasteiger partial charge in [-0.05, 0) is 24.6 Å². The summed E-state index contributed by atoms with van der Waals surface area (Å²) >= 11 is 0. The van der Waals surface area contributed by atoms with Crippen LogP contribution in [-0.2, 0) is 4.79 Å². The summed E-state index contributed by atoms with van der Waals surface area (Å²) in [4.78, 5) is 21.5. The summed E-state index contributed by atoms with van der Waals surface area (Å²) in [6, 6.07) is 11.5. The molecule has 1 aliphatic rings. The van der Waals surface area contributed by atoms with Gasteiger partial charge in [-0.3, -0.25) is 14.1 Å². The number of fused-ring (bicyclic) bond motifs is 1. The molecule has 1 amide bonds. The molecule has 1 fully saturated rings. The van der Waals surface area contributed by atoms with Crippen molar-refractivity contribution < 1.29 is 4.79 Å². The quantitative estimate of drug-likeness (QED) is 0.741. The summed E-state index contributed by atoms with van der Waals surface area (Å²) in [5.41, 5.74) is 0.839. The lowest BCUT2D eigenvalue weighted by molar-refractivity contribution is -0.121. The molecule has 2 aromatic heterocycles. The van der Waals surface area contributed by atoms with Crippen LogP contribution >= 0.6 is 0 Å². The van der Waals surface area contributed by atoms with Gasteiger partial charge in [-0.1, -0.05) is 25.1 Å². The fourth-order valence-corrected chi connectivity index (χ4v) is 3.61. The van der Waals surface area contributed by atoms with E-state index in [0.717, 1.165) is 44.1 Å². The van der Waals surface area contributed by atoms with Gasteiger partial charge >= 0.3 is 0 Å². The summed E-state index contributed by atoms with van der Waals surface area (Å²) in [5.74, 6) is 1.69. The zero-order valence-corrected chi connectivity index (χ0v) is 15.3. The Labute approximate surface area is 157 Å². The van der Waals surface area contributed by atoms with Crippen LogP contribution in [0.2, 0.25) is 0 Å². The minimum atomic E-state index is -0.125. The van der Waals surface area contributed by atoms with Gasteiger partial charge in [-0.2, -0.15) is 0 Å². The Morgan fingerprint density at radius 3 is 2.67 bits per heavy atom. The van der Waals surface area contributed by atoms with E-state index in [9.17, 15) is 4.79 Å². The van der Waals surface area contributed by atoms with Crippen molar-refractivity contribution in [2.24, 2.45) is 0 Å². The van der Waals surface area contributed by atoms with E-state index >= 15 is 0 Å². The molecule has 3 heterocycles. The van der Waals surface area contributed by atoms with Gasteiger partial charge in [-0.25, -0.2) is 4.98 Å². The predicted molar refractivity (Wildman–Crippen MR) is 104 cm³/mol. The van der Waals surface area contributed by atoms with E-state index in [1.165, 1.54) is 0 Å². The van der Waals surface area contributed by atoms with E-state index in [-0.39, 0.29) is 11.9 Å². The van der Waals surface area contributed by atoms with Crippen LogP contribution in [0.25, 0.3) is 5.78 Å². The van der Waals surface area contributed by atoms with E-state index in [2.05, 4.69) is 37.2 Å². The van der Waals surface area contributed by atoms with Crippen molar-refractivity contribution in [1.29, 1.82) is 0 Å². The maximum atomic E-state index is 12.7. The topological polar surface area (TPSA) is 78.7 Å². The smallest absolute Gasteiger partial charge is 0.256 e. The number of hydrogen-bond donors (Lipinski definition) is 1. The largest absolute Gasteiger partial charge is 0.355 e. The molecule has 0 aliphatic carbocycles. The van der Waals surface area contributed by atoms with Crippen LogP contribution < -0.4 is 10.2 Å². The highest BCUT2D eigenvalue weighted by molar-refractivity contribution is 5.94. The first-order valence-electron chi connectivity index (χ1n) is 9.26. The fourth-order valence-electron chi connectivity index (χ4n) is 3.61. The molecule has 1 N–H and O–H groups in total. The molecule has 3 aromatic rings. The van der Waals surface area contributed by atoms with Gasteiger partial charge in [0, 0.05) is 38.1 Å². The highest BCUT2D eigenvalue weighted by atomic mass is 16.2. The number of nitrogens with zero attached hydrogens (tertiary/aromatic N) is 6. The molecule has 1 aliphatic heterocycles. The van der Waals surface area contributed by atoms with Crippen molar-refractivity contribution in [3.63, 3.8) is 0 Å². The van der Waals surface area contributed by atoms with Crippen LogP contribution in [-0.4, -0.2) is 62.6 Å². The predicted octanol–water partition coefficient (Wildman–Crippen LogP) is 1.66. The lowest BCUT2D eigenvalue weighted by Gasteiger charge is -2.39. The van der Waals surface area contributed by atoms with Gasteiger partial charge in [0.2, 0.25) is 5.91 Å². The average molecular weight is 365 g/mol. The SMILES string of the molecule is CC[C@@H](C(=O)Nc1ccccc1)N1CCN(c2ccnc3nncn23)CC1. The minimum Gasteiger partial charge on any atom is -0.355 e. The second-order valence-corrected chi connectivity index (χ2v) is 6.61. The number of para-hydroxylation sites is 1. The third kappa shape index (κ3) is 3.61. The molecule has 1 aromatic carbocycles. The number of nitrogens with one attached hydrogen (secondary N) is 1. The molecule has 0 bridgehead atoms. The van der Waals surface area contributed by atoms with Gasteiger partial charge in [-0.15, -0.1) is 10.2 Å². The first kappa shape index (κ1) is 17.4. The van der Waals surface area contributed by atoms with E-state index in [1.807, 2.05) is 40.8 Å². The van der Waals surface area contributed by atoms with Crippen molar-refractivity contribution >= 4 is 23.2 Å². The zero-order valence-electron chi connectivity index (χ0n) is 15.3. The second kappa shape index (κ2) is 7.71. The Morgan fingerprint density at radius 2 is 1.93 bits per heavy atom. The average Bonchev–Trinajstić information content (AvgIpc) is 3.19. The number of rotatable bonds is 5. The molecule has 140 valence electrons. The highest BCUT2D eigenvalue weighted by Crippen LogP contribution is 2.19. The standard InChI is InChI=1S/C19H23N7O/c1-2-16(18(27)22-15-6-4-3-5-7-15)24-10-12-25(13-11-24)17-8-9-20-19-23-21-14-26(17)19/h3-9,14,16H,2,10-13H2,1H3,(H,22,27)/t16-/m0/s1. The summed E-state index contributed by atoms with van der Waals surface area (Å²) < 4.78 is 1.90. The monoisotopic (exact) mass is 365 g/mol. The van der Waals surface area contributed by atoms with Crippen LogP contribution in [0.3, 0.4) is 0 Å². The molecule has 1 saturated heterocycles. The number of amides is 1. The first-order valence-corrected chi connectivity index (χ1v) is 9.26. The van der Waals surface area contributed by atoms with Gasteiger partial charge in [0.05, 0.1) is 6.04 Å². The maximum Gasteiger partial charge on any atom is 0.256 e. The molecule has 8 nitrogen and oxygen atoms in total.